The van der Waals surface area contributed by atoms with Crippen molar-refractivity contribution in [2.24, 2.45) is 0 Å². The van der Waals surface area contributed by atoms with Crippen molar-refractivity contribution in [3.05, 3.63) is 58.1 Å². The minimum absolute atomic E-state index is 0.325. The van der Waals surface area contributed by atoms with Crippen LogP contribution in [0.3, 0.4) is 0 Å². The van der Waals surface area contributed by atoms with Crippen molar-refractivity contribution in [2.45, 2.75) is 16.2 Å². The Morgan fingerprint density at radius 1 is 1.06 bits per heavy atom. The third-order valence-corrected chi connectivity index (χ3v) is 4.17. The van der Waals surface area contributed by atoms with Gasteiger partial charge in [0.2, 0.25) is 0 Å². The van der Waals surface area contributed by atoms with Gasteiger partial charge in [0.25, 0.3) is 0 Å². The fraction of sp³-hybridized carbons (Fsp3) is 0.0714. The largest absolute Gasteiger partial charge is 0.198 e. The van der Waals surface area contributed by atoms with Gasteiger partial charge in [-0.15, -0.1) is 0 Å². The molecule has 0 amide bonds. The van der Waals surface area contributed by atoms with Gasteiger partial charge in [-0.1, -0.05) is 53.2 Å². The molecule has 0 N–H and O–H groups in total. The molecule has 0 saturated carbocycles. The second-order valence-corrected chi connectivity index (χ2v) is 5.55. The van der Waals surface area contributed by atoms with E-state index in [1.807, 2.05) is 36.4 Å². The third kappa shape index (κ3) is 3.20. The molecule has 1 nitrogen and oxygen atoms in total. The van der Waals surface area contributed by atoms with Gasteiger partial charge in [-0.25, -0.2) is 0 Å². The summed E-state index contributed by atoms with van der Waals surface area (Å²) in [6, 6.07) is 15.7. The topological polar surface area (TPSA) is 23.8 Å². The van der Waals surface area contributed by atoms with Crippen LogP contribution in [-0.2, 0) is 6.42 Å². The molecule has 90 valence electrons. The summed E-state index contributed by atoms with van der Waals surface area (Å²) in [6.45, 7) is 0. The Balaban J connectivity index is 2.37. The van der Waals surface area contributed by atoms with E-state index < -0.39 is 0 Å². The molecule has 18 heavy (non-hydrogen) atoms. The van der Waals surface area contributed by atoms with E-state index in [1.54, 1.807) is 17.8 Å². The van der Waals surface area contributed by atoms with Gasteiger partial charge in [-0.3, -0.25) is 0 Å². The van der Waals surface area contributed by atoms with Gasteiger partial charge in [0.05, 0.1) is 22.5 Å². The van der Waals surface area contributed by atoms with Crippen LogP contribution < -0.4 is 0 Å². The molecule has 0 radical (unpaired) electrons. The van der Waals surface area contributed by atoms with Crippen LogP contribution in [0.25, 0.3) is 0 Å². The zero-order valence-electron chi connectivity index (χ0n) is 9.36. The van der Waals surface area contributed by atoms with Crippen molar-refractivity contribution in [3.63, 3.8) is 0 Å². The zero-order valence-corrected chi connectivity index (χ0v) is 11.7. The van der Waals surface area contributed by atoms with Gasteiger partial charge >= 0.3 is 0 Å². The van der Waals surface area contributed by atoms with E-state index in [0.717, 1.165) is 15.4 Å². The van der Waals surface area contributed by atoms with Crippen molar-refractivity contribution in [3.8, 4) is 6.07 Å². The van der Waals surface area contributed by atoms with Gasteiger partial charge in [-0.05, 0) is 29.8 Å². The first kappa shape index (κ1) is 13.3. The fourth-order valence-corrected chi connectivity index (χ4v) is 2.90. The summed E-state index contributed by atoms with van der Waals surface area (Å²) in [5.41, 5.74) is 0.903. The molecule has 2 aromatic rings. The molecule has 0 aliphatic carbocycles. The predicted octanol–water partition coefficient (Wildman–Crippen LogP) is 5.21. The highest BCUT2D eigenvalue weighted by molar-refractivity contribution is 7.99. The highest BCUT2D eigenvalue weighted by Gasteiger charge is 2.09. The van der Waals surface area contributed by atoms with Crippen molar-refractivity contribution >= 4 is 35.0 Å². The number of nitriles is 1. The smallest absolute Gasteiger partial charge is 0.0670 e. The number of hydrogen-bond acceptors (Lipinski definition) is 2. The number of halogens is 2. The lowest BCUT2D eigenvalue weighted by Gasteiger charge is -2.08. The highest BCUT2D eigenvalue weighted by Crippen LogP contribution is 2.35. The van der Waals surface area contributed by atoms with Crippen molar-refractivity contribution in [2.75, 3.05) is 0 Å². The molecule has 0 atom stereocenters. The van der Waals surface area contributed by atoms with Crippen molar-refractivity contribution < 1.29 is 0 Å². The van der Waals surface area contributed by atoms with Gasteiger partial charge in [0, 0.05) is 9.79 Å². The number of rotatable bonds is 3. The van der Waals surface area contributed by atoms with Crippen LogP contribution in [0.1, 0.15) is 5.56 Å². The molecule has 0 fully saturated rings. The standard InChI is InChI=1S/C14H9Cl2NS/c15-12-8-10(6-7-17)14(9-13(12)16)18-11-4-2-1-3-5-11/h1-5,8-9H,6H2. The van der Waals surface area contributed by atoms with E-state index in [0.29, 0.717) is 16.5 Å². The first-order valence-electron chi connectivity index (χ1n) is 5.28. The summed E-state index contributed by atoms with van der Waals surface area (Å²) in [5.74, 6) is 0. The maximum atomic E-state index is 8.84. The van der Waals surface area contributed by atoms with E-state index >= 15 is 0 Å². The fourth-order valence-electron chi connectivity index (χ4n) is 1.50. The zero-order chi connectivity index (χ0) is 13.0. The summed E-state index contributed by atoms with van der Waals surface area (Å²) in [4.78, 5) is 2.08. The SMILES string of the molecule is N#CCc1cc(Cl)c(Cl)cc1Sc1ccccc1. The lowest BCUT2D eigenvalue weighted by molar-refractivity contribution is 1.18. The number of hydrogen-bond donors (Lipinski definition) is 0. The molecular weight excluding hydrogens is 285 g/mol. The molecule has 0 unspecified atom stereocenters. The van der Waals surface area contributed by atoms with Gasteiger partial charge in [0.1, 0.15) is 0 Å². The lowest BCUT2D eigenvalue weighted by atomic mass is 10.2. The molecule has 0 heterocycles. The molecule has 0 aliphatic rings. The van der Waals surface area contributed by atoms with Gasteiger partial charge < -0.3 is 0 Å². The van der Waals surface area contributed by atoms with E-state index in [1.165, 1.54) is 0 Å². The minimum Gasteiger partial charge on any atom is -0.198 e. The van der Waals surface area contributed by atoms with Crippen LogP contribution in [-0.4, -0.2) is 0 Å². The second-order valence-electron chi connectivity index (χ2n) is 3.62. The average molecular weight is 294 g/mol. The lowest BCUT2D eigenvalue weighted by Crippen LogP contribution is -1.87. The Morgan fingerprint density at radius 3 is 2.39 bits per heavy atom. The quantitative estimate of drug-likeness (QED) is 0.775. The molecule has 0 saturated heterocycles. The number of benzene rings is 2. The second kappa shape index (κ2) is 6.15. The maximum Gasteiger partial charge on any atom is 0.0670 e. The summed E-state index contributed by atoms with van der Waals surface area (Å²) >= 11 is 13.6. The summed E-state index contributed by atoms with van der Waals surface area (Å²) in [6.07, 6.45) is 0.325. The summed E-state index contributed by atoms with van der Waals surface area (Å²) in [5, 5.41) is 9.83. The normalized spacial score (nSPS) is 10.1. The molecule has 2 rings (SSSR count). The van der Waals surface area contributed by atoms with E-state index in [4.69, 9.17) is 28.5 Å². The van der Waals surface area contributed by atoms with Crippen LogP contribution >= 0.6 is 35.0 Å². The van der Waals surface area contributed by atoms with E-state index in [2.05, 4.69) is 6.07 Å². The van der Waals surface area contributed by atoms with Crippen LogP contribution in [0.4, 0.5) is 0 Å². The average Bonchev–Trinajstić information content (AvgIpc) is 2.37. The maximum absolute atomic E-state index is 8.84. The van der Waals surface area contributed by atoms with E-state index in [-0.39, 0.29) is 0 Å². The molecule has 0 aliphatic heterocycles. The summed E-state index contributed by atoms with van der Waals surface area (Å²) < 4.78 is 0. The predicted molar refractivity (Wildman–Crippen MR) is 76.3 cm³/mol. The Bertz CT molecular complexity index is 591. The van der Waals surface area contributed by atoms with Crippen LogP contribution in [0, 0.1) is 11.3 Å². The highest BCUT2D eigenvalue weighted by atomic mass is 35.5. The molecule has 4 heteroatoms. The molecule has 2 aromatic carbocycles. The molecular formula is C14H9Cl2NS. The molecule has 0 aromatic heterocycles. The Hall–Kier alpha value is -1.14. The third-order valence-electron chi connectivity index (χ3n) is 2.34. The van der Waals surface area contributed by atoms with Gasteiger partial charge in [0.15, 0.2) is 0 Å². The Morgan fingerprint density at radius 2 is 1.72 bits per heavy atom. The first-order valence-corrected chi connectivity index (χ1v) is 6.85. The van der Waals surface area contributed by atoms with Crippen LogP contribution in [0.5, 0.6) is 0 Å². The van der Waals surface area contributed by atoms with Crippen LogP contribution in [0.2, 0.25) is 10.0 Å². The Kier molecular flexibility index (Phi) is 4.54. The molecule has 0 spiro atoms. The summed E-state index contributed by atoms with van der Waals surface area (Å²) in [7, 11) is 0. The Labute approximate surface area is 120 Å². The van der Waals surface area contributed by atoms with Crippen molar-refractivity contribution in [1.29, 1.82) is 5.26 Å². The van der Waals surface area contributed by atoms with Gasteiger partial charge in [-0.2, -0.15) is 5.26 Å². The minimum atomic E-state index is 0.325. The molecule has 0 bridgehead atoms. The number of nitrogens with zero attached hydrogens (tertiary/aromatic N) is 1. The van der Waals surface area contributed by atoms with E-state index in [9.17, 15) is 0 Å². The van der Waals surface area contributed by atoms with Crippen LogP contribution in [0.15, 0.2) is 52.3 Å². The first-order chi connectivity index (χ1) is 8.70. The monoisotopic (exact) mass is 293 g/mol. The van der Waals surface area contributed by atoms with Crippen molar-refractivity contribution in [1.82, 2.24) is 0 Å².